The third-order valence-electron chi connectivity index (χ3n) is 1.34. The summed E-state index contributed by atoms with van der Waals surface area (Å²) in [5.41, 5.74) is 0. The molecule has 0 spiro atoms. The molecule has 0 saturated carbocycles. The van der Waals surface area contributed by atoms with Crippen molar-refractivity contribution in [2.45, 2.75) is 27.7 Å². The van der Waals surface area contributed by atoms with Gasteiger partial charge in [0.1, 0.15) is 0 Å². The van der Waals surface area contributed by atoms with Crippen molar-refractivity contribution in [2.75, 3.05) is 19.6 Å². The lowest BCUT2D eigenvalue weighted by atomic mass is 10.5. The van der Waals surface area contributed by atoms with Gasteiger partial charge in [-0.1, -0.05) is 20.8 Å². The van der Waals surface area contributed by atoms with Gasteiger partial charge in [-0.15, -0.1) is 12.4 Å². The van der Waals surface area contributed by atoms with Gasteiger partial charge in [-0.2, -0.15) is 0 Å². The maximum atomic E-state index is 9.00. The number of nitrogens with zero attached hydrogens (tertiary/aromatic N) is 1. The van der Waals surface area contributed by atoms with E-state index in [1.807, 2.05) is 0 Å². The van der Waals surface area contributed by atoms with Crippen molar-refractivity contribution in [1.82, 2.24) is 4.90 Å². The van der Waals surface area contributed by atoms with Crippen LogP contribution in [0, 0.1) is 0 Å². The Hall–Kier alpha value is -0.280. The number of halogens is 1. The summed E-state index contributed by atoms with van der Waals surface area (Å²) in [6.07, 6.45) is 0. The molecule has 3 nitrogen and oxygen atoms in total. The van der Waals surface area contributed by atoms with Crippen LogP contribution in [-0.2, 0) is 4.79 Å². The van der Waals surface area contributed by atoms with Gasteiger partial charge >= 0.3 is 0 Å². The molecule has 0 atom stereocenters. The van der Waals surface area contributed by atoms with Crippen molar-refractivity contribution < 1.29 is 9.90 Å². The van der Waals surface area contributed by atoms with Gasteiger partial charge in [0, 0.05) is 6.92 Å². The molecule has 0 radical (unpaired) electrons. The van der Waals surface area contributed by atoms with Gasteiger partial charge in [0.15, 0.2) is 0 Å². The number of carboxylic acids is 1. The van der Waals surface area contributed by atoms with Crippen LogP contribution in [0.25, 0.3) is 0 Å². The van der Waals surface area contributed by atoms with Crippen LogP contribution in [0.1, 0.15) is 27.7 Å². The summed E-state index contributed by atoms with van der Waals surface area (Å²) < 4.78 is 0. The lowest BCUT2D eigenvalue weighted by Gasteiger charge is -2.13. The molecule has 0 rings (SSSR count). The largest absolute Gasteiger partial charge is 0.481 e. The molecule has 1 N–H and O–H groups in total. The van der Waals surface area contributed by atoms with Crippen LogP contribution in [-0.4, -0.2) is 35.6 Å². The Morgan fingerprint density at radius 3 is 1.33 bits per heavy atom. The summed E-state index contributed by atoms with van der Waals surface area (Å²) in [6, 6.07) is 0. The number of hydrogen-bond acceptors (Lipinski definition) is 2. The molecule has 0 aromatic heterocycles. The molecule has 0 amide bonds. The normalized spacial score (nSPS) is 8.08. The first kappa shape index (κ1) is 17.7. The summed E-state index contributed by atoms with van der Waals surface area (Å²) in [5.74, 6) is -0.833. The number of carboxylic acid groups (broad SMARTS) is 1. The zero-order valence-electron chi connectivity index (χ0n) is 8.33. The van der Waals surface area contributed by atoms with Crippen LogP contribution in [0.5, 0.6) is 0 Å². The second-order valence-electron chi connectivity index (χ2n) is 2.14. The Morgan fingerprint density at radius 1 is 1.17 bits per heavy atom. The molecule has 0 aliphatic rings. The molecule has 76 valence electrons. The van der Waals surface area contributed by atoms with E-state index in [0.717, 1.165) is 6.92 Å². The molecular weight excluding hydrogens is 178 g/mol. The number of rotatable bonds is 3. The highest BCUT2D eigenvalue weighted by molar-refractivity contribution is 5.85. The highest BCUT2D eigenvalue weighted by Crippen LogP contribution is 1.81. The van der Waals surface area contributed by atoms with Crippen molar-refractivity contribution in [3.05, 3.63) is 0 Å². The maximum absolute atomic E-state index is 9.00. The molecule has 0 saturated heterocycles. The fourth-order valence-corrected chi connectivity index (χ4v) is 0.671. The SMILES string of the molecule is CC(=O)O.CCN(CC)CC.Cl. The second kappa shape index (κ2) is 13.3. The first-order chi connectivity index (χ1) is 5.08. The van der Waals surface area contributed by atoms with E-state index in [4.69, 9.17) is 9.90 Å². The molecule has 4 heteroatoms. The van der Waals surface area contributed by atoms with Crippen molar-refractivity contribution >= 4 is 18.4 Å². The Morgan fingerprint density at radius 2 is 1.33 bits per heavy atom. The third kappa shape index (κ3) is 22.6. The first-order valence-electron chi connectivity index (χ1n) is 4.00. The number of carbonyl (C=O) groups is 1. The zero-order valence-corrected chi connectivity index (χ0v) is 9.15. The molecule has 0 unspecified atom stereocenters. The van der Waals surface area contributed by atoms with E-state index in [1.54, 1.807) is 0 Å². The minimum absolute atomic E-state index is 0. The predicted octanol–water partition coefficient (Wildman–Crippen LogP) is 1.86. The molecule has 0 bridgehead atoms. The molecular formula is C8H20ClNO2. The van der Waals surface area contributed by atoms with Crippen molar-refractivity contribution in [3.63, 3.8) is 0 Å². The number of hydrogen-bond donors (Lipinski definition) is 1. The van der Waals surface area contributed by atoms with Crippen LogP contribution in [0.3, 0.4) is 0 Å². The van der Waals surface area contributed by atoms with E-state index < -0.39 is 5.97 Å². The fraction of sp³-hybridized carbons (Fsp3) is 0.875. The molecule has 0 aliphatic carbocycles. The third-order valence-corrected chi connectivity index (χ3v) is 1.34. The van der Waals surface area contributed by atoms with E-state index >= 15 is 0 Å². The minimum atomic E-state index is -0.833. The van der Waals surface area contributed by atoms with E-state index in [0.29, 0.717) is 0 Å². The van der Waals surface area contributed by atoms with Crippen LogP contribution in [0.2, 0.25) is 0 Å². The standard InChI is InChI=1S/C6H15N.C2H4O2.ClH/c1-4-7(5-2)6-3;1-2(3)4;/h4-6H2,1-3H3;1H3,(H,3,4);1H. The van der Waals surface area contributed by atoms with E-state index in [-0.39, 0.29) is 12.4 Å². The molecule has 0 aromatic carbocycles. The Bertz CT molecular complexity index is 85.5. The predicted molar refractivity (Wildman–Crippen MR) is 54.0 cm³/mol. The highest BCUT2D eigenvalue weighted by atomic mass is 35.5. The Balaban J connectivity index is -0.000000142. The quantitative estimate of drug-likeness (QED) is 0.751. The Kier molecular flexibility index (Phi) is 19.7. The Labute approximate surface area is 81.2 Å². The van der Waals surface area contributed by atoms with Gasteiger partial charge in [0.25, 0.3) is 5.97 Å². The summed E-state index contributed by atoms with van der Waals surface area (Å²) >= 11 is 0. The van der Waals surface area contributed by atoms with Gasteiger partial charge in [-0.25, -0.2) is 0 Å². The first-order valence-corrected chi connectivity index (χ1v) is 4.00. The van der Waals surface area contributed by atoms with Gasteiger partial charge < -0.3 is 10.0 Å². The van der Waals surface area contributed by atoms with Crippen LogP contribution in [0.4, 0.5) is 0 Å². The van der Waals surface area contributed by atoms with Crippen LogP contribution >= 0.6 is 12.4 Å². The van der Waals surface area contributed by atoms with Crippen molar-refractivity contribution in [2.24, 2.45) is 0 Å². The van der Waals surface area contributed by atoms with Crippen molar-refractivity contribution in [1.29, 1.82) is 0 Å². The van der Waals surface area contributed by atoms with Gasteiger partial charge in [-0.05, 0) is 19.6 Å². The van der Waals surface area contributed by atoms with Crippen LogP contribution in [0.15, 0.2) is 0 Å². The second-order valence-corrected chi connectivity index (χ2v) is 2.14. The van der Waals surface area contributed by atoms with Gasteiger partial charge in [0.2, 0.25) is 0 Å². The molecule has 12 heavy (non-hydrogen) atoms. The average Bonchev–Trinajstić information content (AvgIpc) is 1.90. The lowest BCUT2D eigenvalue weighted by Crippen LogP contribution is -2.21. The molecule has 0 aliphatic heterocycles. The zero-order chi connectivity index (χ0) is 9.28. The van der Waals surface area contributed by atoms with E-state index in [2.05, 4.69) is 25.7 Å². The van der Waals surface area contributed by atoms with E-state index in [9.17, 15) is 0 Å². The minimum Gasteiger partial charge on any atom is -0.481 e. The smallest absolute Gasteiger partial charge is 0.300 e. The lowest BCUT2D eigenvalue weighted by molar-refractivity contribution is -0.134. The summed E-state index contributed by atoms with van der Waals surface area (Å²) in [7, 11) is 0. The maximum Gasteiger partial charge on any atom is 0.300 e. The highest BCUT2D eigenvalue weighted by Gasteiger charge is 1.89. The fourth-order valence-electron chi connectivity index (χ4n) is 0.671. The van der Waals surface area contributed by atoms with Gasteiger partial charge in [0.05, 0.1) is 0 Å². The van der Waals surface area contributed by atoms with Crippen LogP contribution < -0.4 is 0 Å². The molecule has 0 aromatic rings. The topological polar surface area (TPSA) is 40.5 Å². The molecule has 0 fully saturated rings. The average molecular weight is 198 g/mol. The monoisotopic (exact) mass is 197 g/mol. The van der Waals surface area contributed by atoms with E-state index in [1.165, 1.54) is 19.6 Å². The summed E-state index contributed by atoms with van der Waals surface area (Å²) in [4.78, 5) is 11.4. The summed E-state index contributed by atoms with van der Waals surface area (Å²) in [5, 5.41) is 7.42. The van der Waals surface area contributed by atoms with Gasteiger partial charge in [-0.3, -0.25) is 4.79 Å². The summed E-state index contributed by atoms with van der Waals surface area (Å²) in [6.45, 7) is 11.2. The number of aliphatic carboxylic acids is 1. The molecule has 0 heterocycles. The van der Waals surface area contributed by atoms with Crippen molar-refractivity contribution in [3.8, 4) is 0 Å².